The number of rotatable bonds is 2. The van der Waals surface area contributed by atoms with Gasteiger partial charge < -0.3 is 0 Å². The fourth-order valence-electron chi connectivity index (χ4n) is 3.41. The maximum absolute atomic E-state index is 12.9. The van der Waals surface area contributed by atoms with Crippen LogP contribution in [-0.2, 0) is 0 Å². The zero-order valence-corrected chi connectivity index (χ0v) is 13.7. The van der Waals surface area contributed by atoms with Gasteiger partial charge in [0.2, 0.25) is 0 Å². The van der Waals surface area contributed by atoms with E-state index in [1.54, 1.807) is 0 Å². The van der Waals surface area contributed by atoms with E-state index >= 15 is 0 Å². The topological polar surface area (TPSA) is 47.3 Å². The number of carbonyl (C=O) groups excluding carboxylic acids is 1. The highest BCUT2D eigenvalue weighted by Gasteiger charge is 2.29. The number of hydrogen-bond donors (Lipinski definition) is 0. The first-order valence-electron chi connectivity index (χ1n) is 8.36. The SMILES string of the molecule is N#Cc1ccc(N2CCCN2C(=O)c2ccccc2)c2ccccc12. The highest BCUT2D eigenvalue weighted by Crippen LogP contribution is 2.32. The second-order valence-corrected chi connectivity index (χ2v) is 6.06. The lowest BCUT2D eigenvalue weighted by atomic mass is 10.0. The molecule has 1 heterocycles. The van der Waals surface area contributed by atoms with Crippen LogP contribution in [0.1, 0.15) is 22.3 Å². The predicted molar refractivity (Wildman–Crippen MR) is 98.1 cm³/mol. The third-order valence-corrected chi connectivity index (χ3v) is 4.59. The molecule has 3 aromatic rings. The number of hydrogen-bond acceptors (Lipinski definition) is 3. The molecular formula is C21H17N3O. The minimum atomic E-state index is 0.00606. The second-order valence-electron chi connectivity index (χ2n) is 6.06. The summed E-state index contributed by atoms with van der Waals surface area (Å²) in [7, 11) is 0. The van der Waals surface area contributed by atoms with Crippen LogP contribution in [0.25, 0.3) is 10.8 Å². The summed E-state index contributed by atoms with van der Waals surface area (Å²) in [6.45, 7) is 1.48. The molecule has 0 saturated carbocycles. The fraction of sp³-hybridized carbons (Fsp3) is 0.143. The highest BCUT2D eigenvalue weighted by molar-refractivity contribution is 6.00. The van der Waals surface area contributed by atoms with Gasteiger partial charge in [-0.2, -0.15) is 5.26 Å². The number of nitriles is 1. The number of anilines is 1. The maximum atomic E-state index is 12.9. The van der Waals surface area contributed by atoms with Crippen molar-refractivity contribution in [2.45, 2.75) is 6.42 Å². The van der Waals surface area contributed by atoms with Gasteiger partial charge in [0, 0.05) is 29.4 Å². The molecule has 1 saturated heterocycles. The van der Waals surface area contributed by atoms with Crippen molar-refractivity contribution >= 4 is 22.4 Å². The molecule has 0 bridgehead atoms. The normalized spacial score (nSPS) is 13.9. The first kappa shape index (κ1) is 15.2. The van der Waals surface area contributed by atoms with E-state index in [9.17, 15) is 10.1 Å². The molecule has 25 heavy (non-hydrogen) atoms. The van der Waals surface area contributed by atoms with E-state index in [4.69, 9.17) is 0 Å². The van der Waals surface area contributed by atoms with Gasteiger partial charge in [0.15, 0.2) is 0 Å². The van der Waals surface area contributed by atoms with Crippen molar-refractivity contribution in [2.24, 2.45) is 0 Å². The van der Waals surface area contributed by atoms with Crippen LogP contribution in [0, 0.1) is 11.3 Å². The van der Waals surface area contributed by atoms with Gasteiger partial charge in [0.1, 0.15) is 0 Å². The molecule has 0 spiro atoms. The molecule has 122 valence electrons. The van der Waals surface area contributed by atoms with E-state index in [0.29, 0.717) is 17.7 Å². The molecule has 1 amide bonds. The summed E-state index contributed by atoms with van der Waals surface area (Å²) in [6.07, 6.45) is 0.924. The zero-order chi connectivity index (χ0) is 17.2. The Bertz CT molecular complexity index is 975. The first-order chi connectivity index (χ1) is 12.3. The Morgan fingerprint density at radius 3 is 2.36 bits per heavy atom. The first-order valence-corrected chi connectivity index (χ1v) is 8.36. The molecule has 0 aliphatic carbocycles. The highest BCUT2D eigenvalue weighted by atomic mass is 16.2. The average molecular weight is 327 g/mol. The lowest BCUT2D eigenvalue weighted by Crippen LogP contribution is -2.41. The summed E-state index contributed by atoms with van der Waals surface area (Å²) in [5, 5.41) is 15.1. The number of hydrazine groups is 1. The fourth-order valence-corrected chi connectivity index (χ4v) is 3.41. The summed E-state index contributed by atoms with van der Waals surface area (Å²) in [5.41, 5.74) is 2.31. The second kappa shape index (κ2) is 6.29. The van der Waals surface area contributed by atoms with Crippen LogP contribution < -0.4 is 5.01 Å². The number of carbonyl (C=O) groups is 1. The quantitative estimate of drug-likeness (QED) is 0.715. The largest absolute Gasteiger partial charge is 0.282 e. The Labute approximate surface area is 146 Å². The van der Waals surface area contributed by atoms with Crippen molar-refractivity contribution < 1.29 is 4.79 Å². The van der Waals surface area contributed by atoms with Gasteiger partial charge >= 0.3 is 0 Å². The third kappa shape index (κ3) is 2.60. The summed E-state index contributed by atoms with van der Waals surface area (Å²) in [5.74, 6) is 0.00606. The van der Waals surface area contributed by atoms with Gasteiger partial charge in [-0.25, -0.2) is 5.01 Å². The van der Waals surface area contributed by atoms with E-state index in [1.807, 2.05) is 76.7 Å². The standard InChI is InChI=1S/C21H17N3O/c22-15-17-11-12-20(19-10-5-4-9-18(17)19)23-13-6-14-24(23)21(25)16-7-2-1-3-8-16/h1-5,7-12H,6,13-14H2. The van der Waals surface area contributed by atoms with Crippen molar-refractivity contribution in [3.8, 4) is 6.07 Å². The van der Waals surface area contributed by atoms with Crippen molar-refractivity contribution in [1.82, 2.24) is 5.01 Å². The maximum Gasteiger partial charge on any atom is 0.272 e. The van der Waals surface area contributed by atoms with E-state index < -0.39 is 0 Å². The lowest BCUT2D eigenvalue weighted by molar-refractivity contribution is 0.0776. The zero-order valence-electron chi connectivity index (χ0n) is 13.7. The number of nitrogens with zero attached hydrogens (tertiary/aromatic N) is 3. The average Bonchev–Trinajstić information content (AvgIpc) is 3.16. The van der Waals surface area contributed by atoms with E-state index in [0.717, 1.165) is 29.4 Å². The van der Waals surface area contributed by atoms with Gasteiger partial charge in [-0.1, -0.05) is 42.5 Å². The van der Waals surface area contributed by atoms with Crippen LogP contribution in [-0.4, -0.2) is 24.0 Å². The van der Waals surface area contributed by atoms with Crippen LogP contribution in [0.4, 0.5) is 5.69 Å². The van der Waals surface area contributed by atoms with Gasteiger partial charge in [-0.15, -0.1) is 0 Å². The van der Waals surface area contributed by atoms with Gasteiger partial charge in [-0.3, -0.25) is 9.80 Å². The minimum absolute atomic E-state index is 0.00606. The number of benzene rings is 3. The Kier molecular flexibility index (Phi) is 3.83. The smallest absolute Gasteiger partial charge is 0.272 e. The van der Waals surface area contributed by atoms with Crippen LogP contribution in [0.3, 0.4) is 0 Å². The molecule has 0 N–H and O–H groups in total. The monoisotopic (exact) mass is 327 g/mol. The van der Waals surface area contributed by atoms with Crippen LogP contribution in [0.2, 0.25) is 0 Å². The molecule has 4 rings (SSSR count). The molecule has 1 fully saturated rings. The van der Waals surface area contributed by atoms with Gasteiger partial charge in [0.05, 0.1) is 17.3 Å². The summed E-state index contributed by atoms with van der Waals surface area (Å²) in [6, 6.07) is 23.2. The molecule has 0 aromatic heterocycles. The molecule has 0 atom stereocenters. The molecule has 4 nitrogen and oxygen atoms in total. The van der Waals surface area contributed by atoms with Crippen LogP contribution in [0.15, 0.2) is 66.7 Å². The Morgan fingerprint density at radius 2 is 1.60 bits per heavy atom. The van der Waals surface area contributed by atoms with E-state index in [2.05, 4.69) is 6.07 Å². The van der Waals surface area contributed by atoms with Crippen molar-refractivity contribution in [1.29, 1.82) is 5.26 Å². The number of fused-ring (bicyclic) bond motifs is 1. The van der Waals surface area contributed by atoms with Crippen molar-refractivity contribution in [3.05, 3.63) is 77.9 Å². The molecule has 0 unspecified atom stereocenters. The molecular weight excluding hydrogens is 310 g/mol. The minimum Gasteiger partial charge on any atom is -0.282 e. The Balaban J connectivity index is 1.78. The van der Waals surface area contributed by atoms with Crippen LogP contribution in [0.5, 0.6) is 0 Å². The Morgan fingerprint density at radius 1 is 0.880 bits per heavy atom. The number of amides is 1. The van der Waals surface area contributed by atoms with E-state index in [1.165, 1.54) is 0 Å². The van der Waals surface area contributed by atoms with Crippen molar-refractivity contribution in [2.75, 3.05) is 18.1 Å². The molecule has 1 aliphatic heterocycles. The summed E-state index contributed by atoms with van der Waals surface area (Å²) >= 11 is 0. The lowest BCUT2D eigenvalue weighted by Gasteiger charge is -2.31. The molecule has 0 radical (unpaired) electrons. The summed E-state index contributed by atoms with van der Waals surface area (Å²) in [4.78, 5) is 12.9. The van der Waals surface area contributed by atoms with Crippen LogP contribution >= 0.6 is 0 Å². The molecule has 1 aliphatic rings. The molecule has 3 aromatic carbocycles. The Hall–Kier alpha value is -3.32. The predicted octanol–water partition coefficient (Wildman–Crippen LogP) is 3.98. The molecule has 4 heteroatoms. The van der Waals surface area contributed by atoms with E-state index in [-0.39, 0.29) is 5.91 Å². The van der Waals surface area contributed by atoms with Gasteiger partial charge in [-0.05, 0) is 30.7 Å². The third-order valence-electron chi connectivity index (χ3n) is 4.59. The van der Waals surface area contributed by atoms with Gasteiger partial charge in [0.25, 0.3) is 5.91 Å². The van der Waals surface area contributed by atoms with Crippen molar-refractivity contribution in [3.63, 3.8) is 0 Å². The summed E-state index contributed by atoms with van der Waals surface area (Å²) < 4.78 is 0.